The number of aliphatic hydroxyl groups excluding tert-OH is 1. The molecular formula is C15H20O11. The number of hydrogen-bond donors (Lipinski definition) is 6. The highest BCUT2D eigenvalue weighted by molar-refractivity contribution is 5.82. The van der Waals surface area contributed by atoms with Gasteiger partial charge in [0.2, 0.25) is 0 Å². The summed E-state index contributed by atoms with van der Waals surface area (Å²) in [6.07, 6.45) is 3.33. The van der Waals surface area contributed by atoms with Gasteiger partial charge < -0.3 is 30.6 Å². The van der Waals surface area contributed by atoms with Gasteiger partial charge >= 0.3 is 29.8 Å². The number of rotatable bonds is 5. The van der Waals surface area contributed by atoms with Crippen molar-refractivity contribution >= 4 is 29.8 Å². The Balaban J connectivity index is -0.0000000708. The Morgan fingerprint density at radius 1 is 0.500 bits per heavy atom. The molecule has 0 bridgehead atoms. The van der Waals surface area contributed by atoms with Gasteiger partial charge in [-0.1, -0.05) is 26.3 Å². The SMILES string of the molecule is C=C(O)C(=O)O.C=CC(=O)O.C=CC(=O)O.C=CC(=O)O.C=CC(=O)O. The largest absolute Gasteiger partial charge is 0.502 e. The number of carboxylic acids is 5. The van der Waals surface area contributed by atoms with E-state index in [0.717, 1.165) is 24.3 Å². The Kier molecular flexibility index (Phi) is 33.2. The lowest BCUT2D eigenvalue weighted by molar-refractivity contribution is -0.135. The molecule has 0 aromatic carbocycles. The first-order chi connectivity index (χ1) is 11.7. The zero-order chi connectivity index (χ0) is 22.3. The monoisotopic (exact) mass is 376 g/mol. The van der Waals surface area contributed by atoms with Crippen molar-refractivity contribution in [2.45, 2.75) is 0 Å². The average Bonchev–Trinajstić information content (AvgIpc) is 2.56. The molecule has 0 aliphatic rings. The van der Waals surface area contributed by atoms with E-state index in [-0.39, 0.29) is 0 Å². The zero-order valence-electron chi connectivity index (χ0n) is 13.6. The average molecular weight is 376 g/mol. The fourth-order valence-corrected chi connectivity index (χ4v) is 0. The molecule has 0 saturated heterocycles. The van der Waals surface area contributed by atoms with Crippen LogP contribution in [0.4, 0.5) is 0 Å². The van der Waals surface area contributed by atoms with Crippen molar-refractivity contribution in [3.63, 3.8) is 0 Å². The van der Waals surface area contributed by atoms with Crippen molar-refractivity contribution in [2.75, 3.05) is 0 Å². The highest BCUT2D eigenvalue weighted by Gasteiger charge is 1.94. The summed E-state index contributed by atoms with van der Waals surface area (Å²) in [4.78, 5) is 46.3. The quantitative estimate of drug-likeness (QED) is 0.296. The lowest BCUT2D eigenvalue weighted by Gasteiger charge is -1.79. The van der Waals surface area contributed by atoms with Crippen LogP contribution in [0.25, 0.3) is 0 Å². The Bertz CT molecular complexity index is 446. The van der Waals surface area contributed by atoms with E-state index in [1.54, 1.807) is 0 Å². The first-order valence-corrected chi connectivity index (χ1v) is 5.75. The van der Waals surface area contributed by atoms with E-state index in [2.05, 4.69) is 32.9 Å². The molecule has 146 valence electrons. The van der Waals surface area contributed by atoms with E-state index in [1.807, 2.05) is 0 Å². The minimum absolute atomic E-state index is 0.824. The van der Waals surface area contributed by atoms with Crippen LogP contribution in [0.3, 0.4) is 0 Å². The van der Waals surface area contributed by atoms with Crippen LogP contribution in [0.5, 0.6) is 0 Å². The van der Waals surface area contributed by atoms with Gasteiger partial charge in [0.15, 0.2) is 5.76 Å². The fraction of sp³-hybridized carbons (Fsp3) is 0. The van der Waals surface area contributed by atoms with Gasteiger partial charge in [-0.2, -0.15) is 0 Å². The summed E-state index contributed by atoms with van der Waals surface area (Å²) >= 11 is 0. The highest BCUT2D eigenvalue weighted by atomic mass is 16.4. The normalized spacial score (nSPS) is 6.62. The summed E-state index contributed by atoms with van der Waals surface area (Å²) in [5, 5.41) is 45.9. The van der Waals surface area contributed by atoms with Crippen molar-refractivity contribution in [1.29, 1.82) is 0 Å². The molecule has 0 aromatic heterocycles. The predicted molar refractivity (Wildman–Crippen MR) is 90.7 cm³/mol. The molecule has 0 saturated carbocycles. The lowest BCUT2D eigenvalue weighted by atomic mass is 10.6. The minimum atomic E-state index is -1.38. The summed E-state index contributed by atoms with van der Waals surface area (Å²) in [6, 6.07) is 0. The first kappa shape index (κ1) is 33.5. The number of aliphatic carboxylic acids is 5. The number of carbonyl (C=O) groups is 5. The van der Waals surface area contributed by atoms with Crippen molar-refractivity contribution in [1.82, 2.24) is 0 Å². The predicted octanol–water partition coefficient (Wildman–Crippen LogP) is 1.17. The van der Waals surface area contributed by atoms with Gasteiger partial charge in [-0.25, -0.2) is 24.0 Å². The van der Waals surface area contributed by atoms with Crippen LogP contribution >= 0.6 is 0 Å². The first-order valence-electron chi connectivity index (χ1n) is 5.75. The van der Waals surface area contributed by atoms with E-state index in [4.69, 9.17) is 30.6 Å². The zero-order valence-corrected chi connectivity index (χ0v) is 13.6. The molecule has 6 N–H and O–H groups in total. The third-order valence-electron chi connectivity index (χ3n) is 0.945. The van der Waals surface area contributed by atoms with E-state index < -0.39 is 35.6 Å². The summed E-state index contributed by atoms with van der Waals surface area (Å²) in [7, 11) is 0. The molecule has 0 atom stereocenters. The molecule has 26 heavy (non-hydrogen) atoms. The number of hydrogen-bond acceptors (Lipinski definition) is 6. The molecule has 11 heteroatoms. The van der Waals surface area contributed by atoms with Crippen molar-refractivity contribution in [3.8, 4) is 0 Å². The molecule has 0 spiro atoms. The summed E-state index contributed by atoms with van der Waals surface area (Å²) in [5.74, 6) is -6.13. The topological polar surface area (TPSA) is 207 Å². The molecule has 0 aliphatic carbocycles. The molecular weight excluding hydrogens is 356 g/mol. The van der Waals surface area contributed by atoms with Gasteiger partial charge in [-0.05, 0) is 6.58 Å². The molecule has 0 radical (unpaired) electrons. The second-order valence-corrected chi connectivity index (χ2v) is 2.92. The second-order valence-electron chi connectivity index (χ2n) is 2.92. The minimum Gasteiger partial charge on any atom is -0.502 e. The summed E-state index contributed by atoms with van der Waals surface area (Å²) in [6.45, 7) is 14.6. The highest BCUT2D eigenvalue weighted by Crippen LogP contribution is 1.75. The lowest BCUT2D eigenvalue weighted by Crippen LogP contribution is -1.95. The Labute approximate surface area is 148 Å². The number of carboxylic acid groups (broad SMARTS) is 5. The maximum Gasteiger partial charge on any atom is 0.370 e. The second kappa shape index (κ2) is 25.8. The molecule has 0 fully saturated rings. The van der Waals surface area contributed by atoms with E-state index in [0.29, 0.717) is 0 Å². The van der Waals surface area contributed by atoms with Gasteiger partial charge in [-0.15, -0.1) is 0 Å². The van der Waals surface area contributed by atoms with Crippen molar-refractivity contribution < 1.29 is 54.6 Å². The molecule has 0 amide bonds. The van der Waals surface area contributed by atoms with Crippen LogP contribution in [0, 0.1) is 0 Å². The molecule has 0 rings (SSSR count). The Morgan fingerprint density at radius 3 is 0.577 bits per heavy atom. The van der Waals surface area contributed by atoms with E-state index in [9.17, 15) is 24.0 Å². The molecule has 0 unspecified atom stereocenters. The van der Waals surface area contributed by atoms with Gasteiger partial charge in [0.05, 0.1) is 0 Å². The maximum atomic E-state index is 9.35. The van der Waals surface area contributed by atoms with Crippen LogP contribution in [-0.2, 0) is 24.0 Å². The van der Waals surface area contributed by atoms with Crippen molar-refractivity contribution in [3.05, 3.63) is 63.0 Å². The van der Waals surface area contributed by atoms with Crippen LogP contribution in [0.15, 0.2) is 63.0 Å². The number of aliphatic hydroxyl groups is 1. The van der Waals surface area contributed by atoms with Crippen molar-refractivity contribution in [2.24, 2.45) is 0 Å². The van der Waals surface area contributed by atoms with Crippen LogP contribution in [0.1, 0.15) is 0 Å². The van der Waals surface area contributed by atoms with Gasteiger partial charge in [-0.3, -0.25) is 0 Å². The molecule has 0 aromatic rings. The van der Waals surface area contributed by atoms with Crippen LogP contribution < -0.4 is 0 Å². The standard InChI is InChI=1S/C3H4O3.4C3H4O2/c1-2(4)3(5)6;4*1-2-3(4)5/h4H,1H2,(H,5,6);4*2H,1H2,(H,4,5). The fourth-order valence-electron chi connectivity index (χ4n) is 0. The summed E-state index contributed by atoms with van der Waals surface area (Å²) < 4.78 is 0. The Morgan fingerprint density at radius 2 is 0.577 bits per heavy atom. The third kappa shape index (κ3) is 114. The van der Waals surface area contributed by atoms with E-state index in [1.165, 1.54) is 0 Å². The molecule has 0 aliphatic heterocycles. The molecule has 11 nitrogen and oxygen atoms in total. The van der Waals surface area contributed by atoms with Gasteiger partial charge in [0.25, 0.3) is 0 Å². The van der Waals surface area contributed by atoms with E-state index >= 15 is 0 Å². The summed E-state index contributed by atoms with van der Waals surface area (Å²) in [5.41, 5.74) is 0. The van der Waals surface area contributed by atoms with Gasteiger partial charge in [0, 0.05) is 24.3 Å². The van der Waals surface area contributed by atoms with Crippen LogP contribution in [-0.4, -0.2) is 60.5 Å². The Hall–Kier alpha value is -4.15. The smallest absolute Gasteiger partial charge is 0.370 e. The third-order valence-corrected chi connectivity index (χ3v) is 0.945. The van der Waals surface area contributed by atoms with Crippen LogP contribution in [0.2, 0.25) is 0 Å². The maximum absolute atomic E-state index is 9.35. The molecule has 0 heterocycles. The van der Waals surface area contributed by atoms with Gasteiger partial charge in [0.1, 0.15) is 0 Å².